The van der Waals surface area contributed by atoms with Gasteiger partial charge in [-0.2, -0.15) is 0 Å². The molecule has 0 atom stereocenters. The fraction of sp³-hybridized carbons (Fsp3) is 0.273. The molecule has 0 unspecified atom stereocenters. The number of aryl methyl sites for hydroxylation is 1. The molecule has 0 aromatic heterocycles. The van der Waals surface area contributed by atoms with E-state index < -0.39 is 0 Å². The number of allylic oxidation sites excluding steroid dienone is 2. The molecular formula is C11H12Cl2. The quantitative estimate of drug-likeness (QED) is 0.528. The molecule has 0 saturated heterocycles. The Hall–Kier alpha value is -0.460. The Balaban J connectivity index is 2.75. The molecule has 0 amide bonds. The highest BCUT2D eigenvalue weighted by atomic mass is 35.5. The van der Waals surface area contributed by atoms with Crippen LogP contribution in [-0.2, 0) is 6.42 Å². The van der Waals surface area contributed by atoms with E-state index in [-0.39, 0.29) is 0 Å². The average molecular weight is 215 g/mol. The molecule has 70 valence electrons. The van der Waals surface area contributed by atoms with Crippen molar-refractivity contribution in [2.45, 2.75) is 13.3 Å². The second kappa shape index (κ2) is 5.31. The van der Waals surface area contributed by atoms with Crippen molar-refractivity contribution in [3.63, 3.8) is 0 Å². The number of benzene rings is 1. The molecule has 0 N–H and O–H groups in total. The summed E-state index contributed by atoms with van der Waals surface area (Å²) < 4.78 is 0. The van der Waals surface area contributed by atoms with Crippen LogP contribution in [0.1, 0.15) is 11.1 Å². The van der Waals surface area contributed by atoms with E-state index in [1.807, 2.05) is 24.3 Å². The molecule has 0 aliphatic rings. The van der Waals surface area contributed by atoms with Gasteiger partial charge in [-0.1, -0.05) is 29.8 Å². The van der Waals surface area contributed by atoms with Crippen LogP contribution in [0.5, 0.6) is 0 Å². The van der Waals surface area contributed by atoms with Gasteiger partial charge >= 0.3 is 0 Å². The van der Waals surface area contributed by atoms with Crippen LogP contribution in [0, 0.1) is 6.92 Å². The average Bonchev–Trinajstić information content (AvgIpc) is 2.11. The lowest BCUT2D eigenvalue weighted by Gasteiger charge is -2.02. The maximum absolute atomic E-state index is 5.88. The molecule has 1 aromatic carbocycles. The van der Waals surface area contributed by atoms with Crippen molar-refractivity contribution in [3.8, 4) is 0 Å². The second-order valence-electron chi connectivity index (χ2n) is 2.90. The number of hydrogen-bond donors (Lipinski definition) is 0. The van der Waals surface area contributed by atoms with Gasteiger partial charge < -0.3 is 0 Å². The maximum Gasteiger partial charge on any atom is 0.0409 e. The molecule has 0 aliphatic carbocycles. The Kier molecular flexibility index (Phi) is 4.34. The number of hydrogen-bond acceptors (Lipinski definition) is 0. The van der Waals surface area contributed by atoms with Crippen LogP contribution in [0.3, 0.4) is 0 Å². The lowest BCUT2D eigenvalue weighted by Crippen LogP contribution is -1.86. The van der Waals surface area contributed by atoms with Crippen LogP contribution in [0.2, 0.25) is 5.02 Å². The highest BCUT2D eigenvalue weighted by Gasteiger charge is 1.96. The highest BCUT2D eigenvalue weighted by molar-refractivity contribution is 6.30. The van der Waals surface area contributed by atoms with Gasteiger partial charge in [0.15, 0.2) is 0 Å². The van der Waals surface area contributed by atoms with Crippen molar-refractivity contribution >= 4 is 23.2 Å². The first-order chi connectivity index (χ1) is 6.24. The van der Waals surface area contributed by atoms with Crippen molar-refractivity contribution in [1.82, 2.24) is 0 Å². The molecule has 0 bridgehead atoms. The van der Waals surface area contributed by atoms with Gasteiger partial charge in [0.2, 0.25) is 0 Å². The van der Waals surface area contributed by atoms with E-state index >= 15 is 0 Å². The smallest absolute Gasteiger partial charge is 0.0409 e. The minimum absolute atomic E-state index is 0.569. The SMILES string of the molecule is Cc1ccc(Cl)cc1C/C=C/CCl. The summed E-state index contributed by atoms with van der Waals surface area (Å²) in [4.78, 5) is 0. The van der Waals surface area contributed by atoms with Crippen LogP contribution in [0.15, 0.2) is 30.4 Å². The van der Waals surface area contributed by atoms with E-state index in [1.54, 1.807) is 0 Å². The summed E-state index contributed by atoms with van der Waals surface area (Å²) in [7, 11) is 0. The summed E-state index contributed by atoms with van der Waals surface area (Å²) in [5.41, 5.74) is 2.53. The van der Waals surface area contributed by atoms with Gasteiger partial charge in [-0.3, -0.25) is 0 Å². The largest absolute Gasteiger partial charge is 0.122 e. The lowest BCUT2D eigenvalue weighted by atomic mass is 10.1. The van der Waals surface area contributed by atoms with E-state index in [0.29, 0.717) is 5.88 Å². The van der Waals surface area contributed by atoms with Crippen molar-refractivity contribution in [3.05, 3.63) is 46.5 Å². The van der Waals surface area contributed by atoms with Gasteiger partial charge in [-0.05, 0) is 36.6 Å². The maximum atomic E-state index is 5.88. The molecule has 1 aromatic rings. The zero-order valence-electron chi connectivity index (χ0n) is 7.56. The zero-order chi connectivity index (χ0) is 9.68. The molecule has 13 heavy (non-hydrogen) atoms. The molecule has 0 nitrogen and oxygen atoms in total. The van der Waals surface area contributed by atoms with Gasteiger partial charge in [-0.25, -0.2) is 0 Å². The van der Waals surface area contributed by atoms with Crippen LogP contribution in [0.25, 0.3) is 0 Å². The summed E-state index contributed by atoms with van der Waals surface area (Å²) in [6.45, 7) is 2.08. The van der Waals surface area contributed by atoms with Gasteiger partial charge in [0, 0.05) is 10.9 Å². The van der Waals surface area contributed by atoms with Crippen LogP contribution >= 0.6 is 23.2 Å². The third-order valence-electron chi connectivity index (χ3n) is 1.90. The molecule has 0 heterocycles. The number of alkyl halides is 1. The first-order valence-corrected chi connectivity index (χ1v) is 5.11. The predicted octanol–water partition coefficient (Wildman–Crippen LogP) is 3.99. The minimum Gasteiger partial charge on any atom is -0.122 e. The van der Waals surface area contributed by atoms with E-state index in [4.69, 9.17) is 23.2 Å². The van der Waals surface area contributed by atoms with Gasteiger partial charge in [0.05, 0.1) is 0 Å². The second-order valence-corrected chi connectivity index (χ2v) is 3.65. The first kappa shape index (κ1) is 10.6. The van der Waals surface area contributed by atoms with Crippen molar-refractivity contribution in [2.24, 2.45) is 0 Å². The van der Waals surface area contributed by atoms with Gasteiger partial charge in [0.25, 0.3) is 0 Å². The van der Waals surface area contributed by atoms with Crippen LogP contribution in [0.4, 0.5) is 0 Å². The van der Waals surface area contributed by atoms with E-state index in [2.05, 4.69) is 13.0 Å². The normalized spacial score (nSPS) is 11.0. The molecule has 0 fully saturated rings. The van der Waals surface area contributed by atoms with Crippen LogP contribution in [-0.4, -0.2) is 5.88 Å². The Morgan fingerprint density at radius 1 is 1.31 bits per heavy atom. The molecule has 0 radical (unpaired) electrons. The Labute approximate surface area is 89.2 Å². The van der Waals surface area contributed by atoms with Crippen molar-refractivity contribution < 1.29 is 0 Å². The highest BCUT2D eigenvalue weighted by Crippen LogP contribution is 2.16. The van der Waals surface area contributed by atoms with E-state index in [1.165, 1.54) is 11.1 Å². The monoisotopic (exact) mass is 214 g/mol. The molecule has 0 aliphatic heterocycles. The third-order valence-corrected chi connectivity index (χ3v) is 2.32. The predicted molar refractivity (Wildman–Crippen MR) is 59.8 cm³/mol. The molecule has 0 saturated carbocycles. The van der Waals surface area contributed by atoms with Gasteiger partial charge in [0.1, 0.15) is 0 Å². The summed E-state index contributed by atoms with van der Waals surface area (Å²) in [6.07, 6.45) is 4.91. The summed E-state index contributed by atoms with van der Waals surface area (Å²) in [5.74, 6) is 0.569. The topological polar surface area (TPSA) is 0 Å². The van der Waals surface area contributed by atoms with Crippen molar-refractivity contribution in [2.75, 3.05) is 5.88 Å². The fourth-order valence-electron chi connectivity index (χ4n) is 1.13. The Morgan fingerprint density at radius 3 is 2.77 bits per heavy atom. The molecule has 2 heteroatoms. The summed E-state index contributed by atoms with van der Waals surface area (Å²) in [5, 5.41) is 0.792. The summed E-state index contributed by atoms with van der Waals surface area (Å²) in [6, 6.07) is 5.94. The number of rotatable bonds is 3. The fourth-order valence-corrected chi connectivity index (χ4v) is 1.45. The minimum atomic E-state index is 0.569. The summed E-state index contributed by atoms with van der Waals surface area (Å²) >= 11 is 11.4. The Morgan fingerprint density at radius 2 is 2.08 bits per heavy atom. The van der Waals surface area contributed by atoms with E-state index in [9.17, 15) is 0 Å². The van der Waals surface area contributed by atoms with Gasteiger partial charge in [-0.15, -0.1) is 11.6 Å². The standard InChI is InChI=1S/C11H12Cl2/c1-9-5-6-11(13)8-10(9)4-2-3-7-12/h2-3,5-6,8H,4,7H2,1H3/b3-2+. The first-order valence-electron chi connectivity index (χ1n) is 4.20. The molecule has 0 spiro atoms. The number of halogens is 2. The zero-order valence-corrected chi connectivity index (χ0v) is 9.07. The molecule has 1 rings (SSSR count). The lowest BCUT2D eigenvalue weighted by molar-refractivity contribution is 1.21. The van der Waals surface area contributed by atoms with Crippen molar-refractivity contribution in [1.29, 1.82) is 0 Å². The Bertz CT molecular complexity index is 303. The van der Waals surface area contributed by atoms with Crippen LogP contribution < -0.4 is 0 Å². The van der Waals surface area contributed by atoms with E-state index in [0.717, 1.165) is 11.4 Å². The molecular weight excluding hydrogens is 203 g/mol. The third kappa shape index (κ3) is 3.41.